The van der Waals surface area contributed by atoms with E-state index in [0.717, 1.165) is 21.5 Å². The van der Waals surface area contributed by atoms with Gasteiger partial charge in [0.05, 0.1) is 5.92 Å². The van der Waals surface area contributed by atoms with E-state index in [2.05, 4.69) is 10.3 Å². The number of rotatable bonds is 5. The minimum Gasteiger partial charge on any atom is -0.481 e. The first kappa shape index (κ1) is 13.6. The normalized spacial score (nSPS) is 12.2. The maximum atomic E-state index is 11.5. The molecule has 2 heterocycles. The fraction of sp³-hybridized carbons (Fsp3) is 0.125. The third-order valence-corrected chi connectivity index (χ3v) is 4.24. The molecule has 106 valence electrons. The second-order valence-corrected chi connectivity index (χ2v) is 5.62. The van der Waals surface area contributed by atoms with Crippen LogP contribution in [-0.2, 0) is 4.79 Å². The fourth-order valence-corrected chi connectivity index (χ4v) is 3.05. The zero-order valence-corrected chi connectivity index (χ0v) is 12.0. The van der Waals surface area contributed by atoms with E-state index in [1.165, 1.54) is 0 Å². The van der Waals surface area contributed by atoms with Crippen LogP contribution in [0, 0.1) is 0 Å². The van der Waals surface area contributed by atoms with Gasteiger partial charge in [-0.25, -0.2) is 4.98 Å². The smallest absolute Gasteiger partial charge is 0.312 e. The molecule has 0 aliphatic carbocycles. The molecule has 21 heavy (non-hydrogen) atoms. The summed E-state index contributed by atoms with van der Waals surface area (Å²) in [5, 5.41) is 15.6. The molecule has 0 aliphatic rings. The Morgan fingerprint density at radius 1 is 1.24 bits per heavy atom. The molecular formula is C16H14N2O2S. The average Bonchev–Trinajstić information content (AvgIpc) is 2.97. The molecule has 0 saturated carbocycles. The topological polar surface area (TPSA) is 62.2 Å². The number of pyridine rings is 1. The Morgan fingerprint density at radius 2 is 2.05 bits per heavy atom. The Kier molecular flexibility index (Phi) is 3.83. The molecule has 0 fully saturated rings. The molecule has 5 heteroatoms. The van der Waals surface area contributed by atoms with E-state index in [0.29, 0.717) is 6.54 Å². The summed E-state index contributed by atoms with van der Waals surface area (Å²) in [7, 11) is 0. The highest BCUT2D eigenvalue weighted by atomic mass is 32.1. The van der Waals surface area contributed by atoms with Gasteiger partial charge in [0.15, 0.2) is 0 Å². The highest BCUT2D eigenvalue weighted by Gasteiger charge is 2.19. The van der Waals surface area contributed by atoms with Crippen molar-refractivity contribution < 1.29 is 9.90 Å². The number of hydrogen-bond donors (Lipinski definition) is 2. The highest BCUT2D eigenvalue weighted by molar-refractivity contribution is 7.17. The van der Waals surface area contributed by atoms with Gasteiger partial charge < -0.3 is 10.4 Å². The summed E-state index contributed by atoms with van der Waals surface area (Å²) in [6, 6.07) is 13.2. The zero-order valence-electron chi connectivity index (χ0n) is 11.2. The maximum absolute atomic E-state index is 11.5. The molecule has 1 atom stereocenters. The number of thiophene rings is 1. The van der Waals surface area contributed by atoms with E-state index in [9.17, 15) is 9.90 Å². The second-order valence-electron chi connectivity index (χ2n) is 4.67. The highest BCUT2D eigenvalue weighted by Crippen LogP contribution is 2.26. The zero-order chi connectivity index (χ0) is 14.7. The molecule has 1 unspecified atom stereocenters. The third-order valence-electron chi connectivity index (χ3n) is 3.35. The van der Waals surface area contributed by atoms with Crippen LogP contribution in [0.2, 0.25) is 0 Å². The van der Waals surface area contributed by atoms with Crippen molar-refractivity contribution in [2.24, 2.45) is 0 Å². The minimum absolute atomic E-state index is 0.307. The Balaban J connectivity index is 1.82. The van der Waals surface area contributed by atoms with Crippen molar-refractivity contribution in [2.45, 2.75) is 5.92 Å². The number of benzene rings is 1. The largest absolute Gasteiger partial charge is 0.481 e. The van der Waals surface area contributed by atoms with Gasteiger partial charge in [-0.15, -0.1) is 11.3 Å². The Labute approximate surface area is 126 Å². The summed E-state index contributed by atoms with van der Waals surface area (Å²) in [4.78, 5) is 15.8. The lowest BCUT2D eigenvalue weighted by Gasteiger charge is -2.14. The Bertz CT molecular complexity index is 755. The Morgan fingerprint density at radius 3 is 2.81 bits per heavy atom. The van der Waals surface area contributed by atoms with Gasteiger partial charge in [0, 0.05) is 22.8 Å². The van der Waals surface area contributed by atoms with Crippen LogP contribution in [0.3, 0.4) is 0 Å². The number of aliphatic carboxylic acids is 1. The maximum Gasteiger partial charge on any atom is 0.312 e. The Hall–Kier alpha value is -2.40. The van der Waals surface area contributed by atoms with Gasteiger partial charge in [0.25, 0.3) is 0 Å². The van der Waals surface area contributed by atoms with Crippen LogP contribution in [-0.4, -0.2) is 22.6 Å². The number of hydrogen-bond acceptors (Lipinski definition) is 4. The van der Waals surface area contributed by atoms with Crippen LogP contribution in [0.15, 0.2) is 54.0 Å². The van der Waals surface area contributed by atoms with E-state index in [4.69, 9.17) is 0 Å². The molecule has 0 amide bonds. The predicted molar refractivity (Wildman–Crippen MR) is 84.9 cm³/mol. The van der Waals surface area contributed by atoms with Gasteiger partial charge in [-0.1, -0.05) is 30.3 Å². The van der Waals surface area contributed by atoms with Crippen molar-refractivity contribution in [1.29, 1.82) is 0 Å². The molecular weight excluding hydrogens is 284 g/mol. The summed E-state index contributed by atoms with van der Waals surface area (Å²) < 4.78 is 1.14. The number of carboxylic acid groups (broad SMARTS) is 1. The van der Waals surface area contributed by atoms with E-state index in [1.807, 2.05) is 47.8 Å². The van der Waals surface area contributed by atoms with Gasteiger partial charge >= 0.3 is 5.97 Å². The molecule has 0 aliphatic heterocycles. The molecule has 3 rings (SSSR count). The second kappa shape index (κ2) is 5.93. The number of nitrogens with zero attached hydrogens (tertiary/aromatic N) is 1. The lowest BCUT2D eigenvalue weighted by atomic mass is 9.99. The van der Waals surface area contributed by atoms with Crippen molar-refractivity contribution in [1.82, 2.24) is 4.98 Å². The molecule has 0 spiro atoms. The summed E-state index contributed by atoms with van der Waals surface area (Å²) in [6.45, 7) is 0.307. The van der Waals surface area contributed by atoms with Crippen molar-refractivity contribution in [2.75, 3.05) is 11.9 Å². The van der Waals surface area contributed by atoms with E-state index in [-0.39, 0.29) is 0 Å². The molecule has 0 radical (unpaired) electrons. The molecule has 2 aromatic heterocycles. The van der Waals surface area contributed by atoms with Crippen molar-refractivity contribution in [3.05, 3.63) is 59.6 Å². The first-order valence-electron chi connectivity index (χ1n) is 6.59. The lowest BCUT2D eigenvalue weighted by molar-refractivity contribution is -0.138. The monoisotopic (exact) mass is 298 g/mol. The first-order valence-corrected chi connectivity index (χ1v) is 7.47. The summed E-state index contributed by atoms with van der Waals surface area (Å²) >= 11 is 1.64. The van der Waals surface area contributed by atoms with Crippen molar-refractivity contribution in [3.63, 3.8) is 0 Å². The number of anilines is 1. The summed E-state index contributed by atoms with van der Waals surface area (Å²) in [5.74, 6) is -0.705. The third kappa shape index (κ3) is 2.87. The summed E-state index contributed by atoms with van der Waals surface area (Å²) in [5.41, 5.74) is 0.787. The van der Waals surface area contributed by atoms with Gasteiger partial charge in [-0.2, -0.15) is 0 Å². The summed E-state index contributed by atoms with van der Waals surface area (Å²) in [6.07, 6.45) is 1.74. The number of fused-ring (bicyclic) bond motifs is 1. The van der Waals surface area contributed by atoms with Gasteiger partial charge in [-0.3, -0.25) is 4.79 Å². The van der Waals surface area contributed by atoms with Crippen LogP contribution in [0.1, 0.15) is 11.5 Å². The van der Waals surface area contributed by atoms with Crippen LogP contribution in [0.25, 0.3) is 10.1 Å². The van der Waals surface area contributed by atoms with Gasteiger partial charge in [0.1, 0.15) is 5.82 Å². The number of aromatic nitrogens is 1. The quantitative estimate of drug-likeness (QED) is 0.756. The SMILES string of the molecule is O=C(O)C(CNc1nccc2sccc12)c1ccccc1. The van der Waals surface area contributed by atoms with Crippen LogP contribution in [0.4, 0.5) is 5.82 Å². The predicted octanol–water partition coefficient (Wildman–Crippen LogP) is 3.58. The van der Waals surface area contributed by atoms with E-state index in [1.54, 1.807) is 17.5 Å². The van der Waals surface area contributed by atoms with Gasteiger partial charge in [-0.05, 0) is 23.1 Å². The van der Waals surface area contributed by atoms with Crippen LogP contribution in [0.5, 0.6) is 0 Å². The van der Waals surface area contributed by atoms with Gasteiger partial charge in [0.2, 0.25) is 0 Å². The number of nitrogens with one attached hydrogen (secondary N) is 1. The molecule has 3 aromatic rings. The number of carboxylic acids is 1. The molecule has 0 bridgehead atoms. The van der Waals surface area contributed by atoms with Crippen LogP contribution >= 0.6 is 11.3 Å². The van der Waals surface area contributed by atoms with Crippen molar-refractivity contribution in [3.8, 4) is 0 Å². The van der Waals surface area contributed by atoms with Crippen LogP contribution < -0.4 is 5.32 Å². The number of carbonyl (C=O) groups is 1. The molecule has 4 nitrogen and oxygen atoms in total. The molecule has 2 N–H and O–H groups in total. The lowest BCUT2D eigenvalue weighted by Crippen LogP contribution is -2.21. The average molecular weight is 298 g/mol. The molecule has 1 aromatic carbocycles. The molecule has 0 saturated heterocycles. The van der Waals surface area contributed by atoms with Crippen molar-refractivity contribution >= 4 is 33.2 Å². The minimum atomic E-state index is -0.841. The first-order chi connectivity index (χ1) is 10.3. The van der Waals surface area contributed by atoms with E-state index >= 15 is 0 Å². The van der Waals surface area contributed by atoms with E-state index < -0.39 is 11.9 Å². The fourth-order valence-electron chi connectivity index (χ4n) is 2.27. The standard InChI is InChI=1S/C16H14N2O2S/c19-16(20)13(11-4-2-1-3-5-11)10-18-15-12-7-9-21-14(12)6-8-17-15/h1-9,13H,10H2,(H,17,18)(H,19,20).